The van der Waals surface area contributed by atoms with Crippen LogP contribution in [0, 0.1) is 0 Å². The molecule has 37 nitrogen and oxygen atoms in total. The third-order valence-corrected chi connectivity index (χ3v) is 16.1. The Labute approximate surface area is 589 Å². The molecule has 0 bridgehead atoms. The van der Waals surface area contributed by atoms with E-state index in [1.165, 1.54) is 20.8 Å². The van der Waals surface area contributed by atoms with Crippen LogP contribution in [0.3, 0.4) is 0 Å². The molecule has 0 aromatic rings. The maximum absolute atomic E-state index is 12.9. The van der Waals surface area contributed by atoms with E-state index in [-0.39, 0.29) is 179 Å². The summed E-state index contributed by atoms with van der Waals surface area (Å²) in [5, 5.41) is 118. The molecule has 0 saturated carbocycles. The molecule has 7 unspecified atom stereocenters. The van der Waals surface area contributed by atoms with E-state index < -0.39 is 135 Å². The highest BCUT2D eigenvalue weighted by molar-refractivity contribution is 5.78. The number of hydrogen-bond acceptors (Lipinski definition) is 28. The monoisotopic (exact) mass is 1460 g/mol. The topological polar surface area (TPSA) is 539 Å². The van der Waals surface area contributed by atoms with Gasteiger partial charge < -0.3 is 142 Å². The van der Waals surface area contributed by atoms with Crippen LogP contribution < -0.4 is 53.2 Å². The molecule has 101 heavy (non-hydrogen) atoms. The molecule has 37 heteroatoms. The normalized spacial score (nSPS) is 25.6. The number of aliphatic hydroxyl groups excluding tert-OH is 9. The van der Waals surface area contributed by atoms with Crippen molar-refractivity contribution in [2.24, 2.45) is 0 Å². The van der Waals surface area contributed by atoms with Gasteiger partial charge in [0.25, 0.3) is 0 Å². The molecular weight excluding hydrogens is 1340 g/mol. The first-order valence-corrected chi connectivity index (χ1v) is 34.9. The molecule has 3 fully saturated rings. The number of hydrogen-bond donors (Lipinski definition) is 19. The zero-order chi connectivity index (χ0) is 74.7. The highest BCUT2D eigenvalue weighted by Crippen LogP contribution is 2.26. The molecule has 9 amide bonds. The standard InChI is InChI=1S/C64H116N10O27/c1-39(2)74-64(36-93-30-18-49(84)68-24-12-21-65-46(81)15-6-9-27-96-61-52(71-40(3)78)58(90)55(87)43(33-75)99-61,37-94-31-19-50(85)69-25-13-22-66-47(82)16-7-10-28-97-62-53(72-41(4)79)59(91)56(88)44(34-76)100-62)38-95-32-20-51(86)70-26-14-23-67-48(83)17-8-11-29-98-63-54(73-42(5)80)60(92)57(89)45(35-77)101-63/h39,43-45,52-63,74-77,87-92H,6-38H2,1-5H3,(H,65,81)(H,66,82)(H,67,83)(H,68,84)(H,69,85)(H,70,86)(H,71,78)(H,72,79)(H,73,80)/t43?,44?,45?,52-,53-,54?,55-,56-,57-,58?,59?,60?,61+,62+,63+,64?/m0/s1. The largest absolute Gasteiger partial charge is 0.394 e. The number of amides is 9. The molecule has 0 radical (unpaired) electrons. The fourth-order valence-corrected chi connectivity index (χ4v) is 10.9. The fourth-order valence-electron chi connectivity index (χ4n) is 10.9. The van der Waals surface area contributed by atoms with Crippen molar-refractivity contribution in [1.82, 2.24) is 53.2 Å². The van der Waals surface area contributed by atoms with Crippen LogP contribution in [-0.4, -0.2) is 321 Å². The number of nitrogens with one attached hydrogen (secondary N) is 10. The van der Waals surface area contributed by atoms with Crippen molar-refractivity contribution in [1.29, 1.82) is 0 Å². The molecule has 19 N–H and O–H groups in total. The summed E-state index contributed by atoms with van der Waals surface area (Å²) in [6.07, 6.45) is -11.0. The molecule has 3 heterocycles. The van der Waals surface area contributed by atoms with E-state index >= 15 is 0 Å². The van der Waals surface area contributed by atoms with Crippen LogP contribution in [0.2, 0.25) is 0 Å². The van der Waals surface area contributed by atoms with Gasteiger partial charge in [-0.3, -0.25) is 43.2 Å². The van der Waals surface area contributed by atoms with Crippen molar-refractivity contribution in [3.63, 3.8) is 0 Å². The van der Waals surface area contributed by atoms with Gasteiger partial charge in [0.2, 0.25) is 53.2 Å². The smallest absolute Gasteiger partial charge is 0.222 e. The molecule has 3 aliphatic rings. The van der Waals surface area contributed by atoms with Gasteiger partial charge >= 0.3 is 0 Å². The average molecular weight is 1460 g/mol. The lowest BCUT2D eigenvalue weighted by Crippen LogP contribution is -2.64. The molecule has 0 spiro atoms. The molecule has 3 saturated heterocycles. The molecule has 0 aromatic heterocycles. The van der Waals surface area contributed by atoms with Crippen molar-refractivity contribution < 1.29 is 132 Å². The minimum absolute atomic E-state index is 0.00518. The molecule has 584 valence electrons. The van der Waals surface area contributed by atoms with Gasteiger partial charge in [0.05, 0.1) is 65.0 Å². The quantitative estimate of drug-likeness (QED) is 0.0252. The lowest BCUT2D eigenvalue weighted by atomic mass is 9.97. The molecule has 3 aliphatic heterocycles. The summed E-state index contributed by atoms with van der Waals surface area (Å²) < 4.78 is 51.9. The highest BCUT2D eigenvalue weighted by atomic mass is 16.7. The number of carbonyl (C=O) groups is 9. The van der Waals surface area contributed by atoms with E-state index in [4.69, 9.17) is 42.6 Å². The maximum Gasteiger partial charge on any atom is 0.222 e. The Morgan fingerprint density at radius 2 is 0.604 bits per heavy atom. The lowest BCUT2D eigenvalue weighted by molar-refractivity contribution is -0.270. The van der Waals surface area contributed by atoms with E-state index in [2.05, 4.69) is 53.2 Å². The summed E-state index contributed by atoms with van der Waals surface area (Å²) in [6, 6.07) is -3.36. The zero-order valence-electron chi connectivity index (χ0n) is 58.9. The van der Waals surface area contributed by atoms with Gasteiger partial charge in [0, 0.05) is 124 Å². The molecule has 0 aliphatic carbocycles. The minimum Gasteiger partial charge on any atom is -0.394 e. The van der Waals surface area contributed by atoms with Gasteiger partial charge in [-0.2, -0.15) is 0 Å². The molecule has 0 aromatic carbocycles. The van der Waals surface area contributed by atoms with Gasteiger partial charge in [-0.15, -0.1) is 0 Å². The van der Waals surface area contributed by atoms with E-state index in [1.54, 1.807) is 0 Å². The number of unbranched alkanes of at least 4 members (excludes halogenated alkanes) is 3. The summed E-state index contributed by atoms with van der Waals surface area (Å²) in [5.41, 5.74) is -1.02. The van der Waals surface area contributed by atoms with Crippen molar-refractivity contribution >= 4 is 53.2 Å². The first-order chi connectivity index (χ1) is 48.2. The Hall–Kier alpha value is -5.53. The zero-order valence-corrected chi connectivity index (χ0v) is 58.9. The molecular formula is C64H116N10O27. The second-order valence-corrected chi connectivity index (χ2v) is 25.4. The molecule has 3 rings (SSSR count). The Kier molecular flexibility index (Phi) is 45.1. The Bertz CT molecular complexity index is 2180. The van der Waals surface area contributed by atoms with Gasteiger partial charge in [-0.25, -0.2) is 0 Å². The summed E-state index contributed by atoms with van der Waals surface area (Å²) in [4.78, 5) is 111. The van der Waals surface area contributed by atoms with Crippen molar-refractivity contribution in [2.75, 3.05) is 119 Å². The van der Waals surface area contributed by atoms with Crippen LogP contribution in [0.5, 0.6) is 0 Å². The number of aliphatic hydroxyl groups is 9. The number of ether oxygens (including phenoxy) is 9. The fraction of sp³-hybridized carbons (Fsp3) is 0.859. The van der Waals surface area contributed by atoms with Crippen LogP contribution in [0.25, 0.3) is 0 Å². The van der Waals surface area contributed by atoms with E-state index in [9.17, 15) is 89.1 Å². The van der Waals surface area contributed by atoms with Crippen LogP contribution in [0.15, 0.2) is 0 Å². The van der Waals surface area contributed by atoms with Crippen molar-refractivity contribution in [3.8, 4) is 0 Å². The second kappa shape index (κ2) is 50.8. The third-order valence-electron chi connectivity index (χ3n) is 16.1. The summed E-state index contributed by atoms with van der Waals surface area (Å²) in [5.74, 6) is -3.01. The highest BCUT2D eigenvalue weighted by Gasteiger charge is 2.48. The summed E-state index contributed by atoms with van der Waals surface area (Å²) in [6.45, 7) is 7.73. The van der Waals surface area contributed by atoms with Gasteiger partial charge in [-0.05, 0) is 57.8 Å². The SMILES string of the molecule is CC(=O)NC1C(O)[C@@H](O)C(CO)O[C@H]1OCCCCC(=O)NCCCNC(=O)CCOCC(COCCC(=O)NCCCNC(=O)CCCCO[C@@H]1OC(CO)[C@H](O)C(O)[C@@H]1NC(C)=O)(COCCC(=O)NCCCNC(=O)CCCCO[C@@H]1OC(CO)[C@H](O)C(O)[C@@H]1NC(C)=O)NC(C)C. The number of rotatable bonds is 53. The second-order valence-electron chi connectivity index (χ2n) is 25.4. The third kappa shape index (κ3) is 36.2. The lowest BCUT2D eigenvalue weighted by Gasteiger charge is -2.42. The van der Waals surface area contributed by atoms with Gasteiger partial charge in [-0.1, -0.05) is 13.8 Å². The van der Waals surface area contributed by atoms with Crippen LogP contribution in [-0.2, 0) is 85.8 Å². The Morgan fingerprint density at radius 3 is 0.832 bits per heavy atom. The van der Waals surface area contributed by atoms with Crippen LogP contribution in [0.4, 0.5) is 0 Å². The van der Waals surface area contributed by atoms with E-state index in [0.717, 1.165) is 0 Å². The van der Waals surface area contributed by atoms with Crippen molar-refractivity contribution in [2.45, 2.75) is 234 Å². The van der Waals surface area contributed by atoms with Gasteiger partial charge in [0.1, 0.15) is 73.1 Å². The van der Waals surface area contributed by atoms with E-state index in [0.29, 0.717) is 57.8 Å². The van der Waals surface area contributed by atoms with Gasteiger partial charge in [0.15, 0.2) is 18.9 Å². The number of carbonyl (C=O) groups excluding carboxylic acids is 9. The minimum atomic E-state index is -1.44. The summed E-state index contributed by atoms with van der Waals surface area (Å²) in [7, 11) is 0. The first kappa shape index (κ1) is 89.7. The van der Waals surface area contributed by atoms with E-state index in [1.807, 2.05) is 13.8 Å². The molecule has 15 atom stereocenters. The van der Waals surface area contributed by atoms with Crippen LogP contribution >= 0.6 is 0 Å². The average Bonchev–Trinajstić information content (AvgIpc) is 0.824. The predicted molar refractivity (Wildman–Crippen MR) is 355 cm³/mol. The summed E-state index contributed by atoms with van der Waals surface area (Å²) >= 11 is 0. The predicted octanol–water partition coefficient (Wildman–Crippen LogP) is -6.80. The van der Waals surface area contributed by atoms with Crippen LogP contribution in [0.1, 0.15) is 131 Å². The van der Waals surface area contributed by atoms with Crippen molar-refractivity contribution in [3.05, 3.63) is 0 Å². The Morgan fingerprint density at radius 1 is 0.356 bits per heavy atom. The first-order valence-electron chi connectivity index (χ1n) is 34.9. The Balaban J connectivity index is 1.40. The maximum atomic E-state index is 12.9.